The summed E-state index contributed by atoms with van der Waals surface area (Å²) in [4.78, 5) is 0. The molecule has 2 heteroatoms. The predicted molar refractivity (Wildman–Crippen MR) is 103 cm³/mol. The average Bonchev–Trinajstić information content (AvgIpc) is 2.62. The molecule has 0 aromatic rings. The number of hydrogen-bond donors (Lipinski definition) is 0. The highest BCUT2D eigenvalue weighted by Gasteiger charge is 2.13. The number of ether oxygens (including phenoxy) is 2. The fourth-order valence-corrected chi connectivity index (χ4v) is 3.09. The third kappa shape index (κ3) is 13.9. The highest BCUT2D eigenvalue weighted by atomic mass is 16.7. The van der Waals surface area contributed by atoms with Gasteiger partial charge < -0.3 is 9.47 Å². The fraction of sp³-hybridized carbons (Fsp3) is 0.909. The first-order chi connectivity index (χ1) is 11.9. The summed E-state index contributed by atoms with van der Waals surface area (Å²) in [5.74, 6) is 6.50. The van der Waals surface area contributed by atoms with Gasteiger partial charge in [0.25, 0.3) is 0 Å². The van der Waals surface area contributed by atoms with Crippen LogP contribution in [0.15, 0.2) is 0 Å². The van der Waals surface area contributed by atoms with E-state index in [9.17, 15) is 0 Å². The molecule has 0 saturated carbocycles. The topological polar surface area (TPSA) is 18.5 Å². The van der Waals surface area contributed by atoms with Crippen molar-refractivity contribution in [1.82, 2.24) is 0 Å². The van der Waals surface area contributed by atoms with E-state index in [-0.39, 0.29) is 6.29 Å². The van der Waals surface area contributed by atoms with Gasteiger partial charge in [-0.2, -0.15) is 0 Å². The summed E-state index contributed by atoms with van der Waals surface area (Å²) in [6, 6.07) is 0. The van der Waals surface area contributed by atoms with Crippen LogP contribution in [0.3, 0.4) is 0 Å². The fourth-order valence-electron chi connectivity index (χ4n) is 3.09. The lowest BCUT2D eigenvalue weighted by molar-refractivity contribution is -0.162. The molecular weight excluding hydrogens is 296 g/mol. The van der Waals surface area contributed by atoms with Gasteiger partial charge in [-0.3, -0.25) is 0 Å². The van der Waals surface area contributed by atoms with E-state index in [0.717, 1.165) is 32.5 Å². The second-order valence-corrected chi connectivity index (χ2v) is 7.06. The Labute approximate surface area is 151 Å². The second kappa shape index (κ2) is 17.3. The zero-order valence-electron chi connectivity index (χ0n) is 16.1. The van der Waals surface area contributed by atoms with Crippen molar-refractivity contribution < 1.29 is 9.47 Å². The zero-order chi connectivity index (χ0) is 17.1. The second-order valence-electron chi connectivity index (χ2n) is 7.06. The van der Waals surface area contributed by atoms with Gasteiger partial charge in [0.1, 0.15) is 0 Å². The molecule has 0 aromatic heterocycles. The van der Waals surface area contributed by atoms with E-state index in [1.54, 1.807) is 0 Å². The van der Waals surface area contributed by atoms with Crippen molar-refractivity contribution in [1.29, 1.82) is 0 Å². The van der Waals surface area contributed by atoms with Crippen molar-refractivity contribution in [3.63, 3.8) is 0 Å². The van der Waals surface area contributed by atoms with Crippen LogP contribution in [-0.4, -0.2) is 19.5 Å². The Hall–Kier alpha value is -0.520. The van der Waals surface area contributed by atoms with Crippen LogP contribution >= 0.6 is 0 Å². The summed E-state index contributed by atoms with van der Waals surface area (Å²) in [5.41, 5.74) is 0. The van der Waals surface area contributed by atoms with Crippen LogP contribution in [0.5, 0.6) is 0 Å². The Morgan fingerprint density at radius 3 is 2.04 bits per heavy atom. The van der Waals surface area contributed by atoms with Gasteiger partial charge in [-0.25, -0.2) is 0 Å². The van der Waals surface area contributed by atoms with E-state index in [1.807, 2.05) is 0 Å². The summed E-state index contributed by atoms with van der Waals surface area (Å²) < 4.78 is 11.3. The van der Waals surface area contributed by atoms with Crippen molar-refractivity contribution in [2.75, 3.05) is 13.2 Å². The highest BCUT2D eigenvalue weighted by Crippen LogP contribution is 2.15. The van der Waals surface area contributed by atoms with Crippen LogP contribution in [0.4, 0.5) is 0 Å². The van der Waals surface area contributed by atoms with Gasteiger partial charge in [0.05, 0.1) is 0 Å². The molecule has 0 radical (unpaired) electrons. The predicted octanol–water partition coefficient (Wildman–Crippen LogP) is 6.62. The summed E-state index contributed by atoms with van der Waals surface area (Å²) in [7, 11) is 0. The summed E-state index contributed by atoms with van der Waals surface area (Å²) in [6.07, 6.45) is 20.5. The Morgan fingerprint density at radius 1 is 0.792 bits per heavy atom. The normalized spacial score (nSPS) is 17.5. The maximum Gasteiger partial charge on any atom is 0.157 e. The molecular formula is C22H40O2. The zero-order valence-corrected chi connectivity index (χ0v) is 16.1. The lowest BCUT2D eigenvalue weighted by Crippen LogP contribution is -2.22. The molecule has 0 aromatic carbocycles. The SMILES string of the molecule is CCCC#CCCCCCCCCCCCCOC1CCCCO1. The molecule has 1 fully saturated rings. The van der Waals surface area contributed by atoms with Crippen LogP contribution in [0, 0.1) is 11.8 Å². The standard InChI is InChI=1S/C22H40O2/c1-2-3-4-5-6-7-8-9-10-11-12-13-14-15-17-20-23-22-19-16-18-21-24-22/h22H,2-3,6-21H2,1H3. The molecule has 2 nitrogen and oxygen atoms in total. The molecule has 0 bridgehead atoms. The van der Waals surface area contributed by atoms with Gasteiger partial charge in [0, 0.05) is 26.1 Å². The summed E-state index contributed by atoms with van der Waals surface area (Å²) in [5, 5.41) is 0. The van der Waals surface area contributed by atoms with E-state index < -0.39 is 0 Å². The van der Waals surface area contributed by atoms with Crippen LogP contribution in [0.1, 0.15) is 110 Å². The van der Waals surface area contributed by atoms with E-state index in [2.05, 4.69) is 18.8 Å². The molecule has 1 saturated heterocycles. The quantitative estimate of drug-likeness (QED) is 0.262. The average molecular weight is 337 g/mol. The molecule has 0 amide bonds. The van der Waals surface area contributed by atoms with E-state index in [4.69, 9.17) is 9.47 Å². The van der Waals surface area contributed by atoms with E-state index in [1.165, 1.54) is 83.5 Å². The summed E-state index contributed by atoms with van der Waals surface area (Å²) in [6.45, 7) is 3.96. The smallest absolute Gasteiger partial charge is 0.157 e. The minimum absolute atomic E-state index is 0.0939. The first-order valence-corrected chi connectivity index (χ1v) is 10.6. The Morgan fingerprint density at radius 2 is 1.42 bits per heavy atom. The van der Waals surface area contributed by atoms with Crippen LogP contribution in [0.2, 0.25) is 0 Å². The molecule has 1 aliphatic rings. The maximum atomic E-state index is 5.76. The molecule has 140 valence electrons. The van der Waals surface area contributed by atoms with Gasteiger partial charge in [0.15, 0.2) is 6.29 Å². The van der Waals surface area contributed by atoms with Crippen molar-refractivity contribution in [3.05, 3.63) is 0 Å². The molecule has 1 atom stereocenters. The molecule has 0 N–H and O–H groups in total. The summed E-state index contributed by atoms with van der Waals surface area (Å²) >= 11 is 0. The molecule has 1 aliphatic heterocycles. The van der Waals surface area contributed by atoms with Crippen molar-refractivity contribution in [2.24, 2.45) is 0 Å². The number of unbranched alkanes of at least 4 members (excludes halogenated alkanes) is 11. The third-order valence-corrected chi connectivity index (χ3v) is 4.64. The van der Waals surface area contributed by atoms with Crippen LogP contribution in [-0.2, 0) is 9.47 Å². The van der Waals surface area contributed by atoms with Crippen molar-refractivity contribution in [2.45, 2.75) is 116 Å². The Kier molecular flexibility index (Phi) is 15.5. The molecule has 1 heterocycles. The van der Waals surface area contributed by atoms with Crippen molar-refractivity contribution >= 4 is 0 Å². The van der Waals surface area contributed by atoms with Gasteiger partial charge >= 0.3 is 0 Å². The Bertz CT molecular complexity index is 310. The molecule has 24 heavy (non-hydrogen) atoms. The monoisotopic (exact) mass is 336 g/mol. The van der Waals surface area contributed by atoms with Gasteiger partial charge in [-0.1, -0.05) is 58.3 Å². The minimum atomic E-state index is 0.0939. The van der Waals surface area contributed by atoms with Crippen LogP contribution < -0.4 is 0 Å². The first kappa shape index (κ1) is 21.5. The van der Waals surface area contributed by atoms with Gasteiger partial charge in [-0.05, 0) is 38.5 Å². The third-order valence-electron chi connectivity index (χ3n) is 4.64. The largest absolute Gasteiger partial charge is 0.353 e. The molecule has 1 unspecified atom stereocenters. The number of hydrogen-bond acceptors (Lipinski definition) is 2. The van der Waals surface area contributed by atoms with Crippen LogP contribution in [0.25, 0.3) is 0 Å². The van der Waals surface area contributed by atoms with Crippen molar-refractivity contribution in [3.8, 4) is 11.8 Å². The molecule has 1 rings (SSSR count). The lowest BCUT2D eigenvalue weighted by atomic mass is 10.1. The van der Waals surface area contributed by atoms with Gasteiger partial charge in [-0.15, -0.1) is 11.8 Å². The first-order valence-electron chi connectivity index (χ1n) is 10.6. The van der Waals surface area contributed by atoms with E-state index >= 15 is 0 Å². The highest BCUT2D eigenvalue weighted by molar-refractivity contribution is 4.98. The lowest BCUT2D eigenvalue weighted by Gasteiger charge is -2.22. The Balaban J connectivity index is 1.69. The maximum absolute atomic E-state index is 5.76. The molecule has 0 aliphatic carbocycles. The minimum Gasteiger partial charge on any atom is -0.353 e. The molecule has 0 spiro atoms. The van der Waals surface area contributed by atoms with Gasteiger partial charge in [0.2, 0.25) is 0 Å². The number of rotatable bonds is 14. The van der Waals surface area contributed by atoms with E-state index in [0.29, 0.717) is 0 Å².